The Morgan fingerprint density at radius 1 is 1.08 bits per heavy atom. The minimum absolute atomic E-state index is 0.170. The largest absolute Gasteiger partial charge is 0.462 e. The van der Waals surface area contributed by atoms with Crippen molar-refractivity contribution in [3.8, 4) is 22.4 Å². The van der Waals surface area contributed by atoms with E-state index in [1.807, 2.05) is 61.5 Å². The Hall–Kier alpha value is -3.32. The van der Waals surface area contributed by atoms with Gasteiger partial charge in [-0.15, -0.1) is 0 Å². The molecule has 1 atom stereocenters. The minimum atomic E-state index is -3.84. The highest BCUT2D eigenvalue weighted by molar-refractivity contribution is 9.10. The number of fused-ring (bicyclic) bond motifs is 5. The summed E-state index contributed by atoms with van der Waals surface area (Å²) in [4.78, 5) is 26.4. The van der Waals surface area contributed by atoms with E-state index in [2.05, 4.69) is 20.7 Å². The zero-order valence-electron chi connectivity index (χ0n) is 20.1. The van der Waals surface area contributed by atoms with E-state index in [-0.39, 0.29) is 6.61 Å². The van der Waals surface area contributed by atoms with Crippen LogP contribution in [0.1, 0.15) is 36.2 Å². The zero-order valence-corrected chi connectivity index (χ0v) is 21.7. The number of carbonyl (C=O) groups is 2. The number of hydrogen-bond acceptors (Lipinski definition) is 3. The van der Waals surface area contributed by atoms with E-state index < -0.39 is 29.6 Å². The van der Waals surface area contributed by atoms with Gasteiger partial charge in [0.2, 0.25) is 5.91 Å². The third-order valence-electron chi connectivity index (χ3n) is 6.84. The summed E-state index contributed by atoms with van der Waals surface area (Å²) in [5.41, 5.74) is 3.60. The predicted molar refractivity (Wildman–Crippen MR) is 139 cm³/mol. The van der Waals surface area contributed by atoms with Crippen molar-refractivity contribution in [2.24, 2.45) is 0 Å². The summed E-state index contributed by atoms with van der Waals surface area (Å²) < 4.78 is 37.2. The van der Waals surface area contributed by atoms with Gasteiger partial charge in [-0.25, -0.2) is 4.79 Å². The van der Waals surface area contributed by atoms with Crippen LogP contribution in [-0.2, 0) is 14.9 Å². The molecular weight excluding hydrogens is 528 g/mol. The predicted octanol–water partition coefficient (Wildman–Crippen LogP) is 7.55. The van der Waals surface area contributed by atoms with Crippen LogP contribution in [0.3, 0.4) is 0 Å². The lowest BCUT2D eigenvalue weighted by Crippen LogP contribution is -2.47. The molecule has 0 amide bonds. The van der Waals surface area contributed by atoms with Crippen LogP contribution in [0, 0.1) is 6.92 Å². The molecule has 0 bridgehead atoms. The first-order valence-corrected chi connectivity index (χ1v) is 12.5. The second-order valence-corrected chi connectivity index (χ2v) is 10.3. The van der Waals surface area contributed by atoms with Gasteiger partial charge in [0.1, 0.15) is 0 Å². The van der Waals surface area contributed by atoms with Gasteiger partial charge in [0, 0.05) is 27.4 Å². The lowest BCUT2D eigenvalue weighted by Gasteiger charge is -2.37. The number of rotatable bonds is 5. The van der Waals surface area contributed by atoms with E-state index in [0.717, 1.165) is 26.5 Å². The highest BCUT2D eigenvalue weighted by Gasteiger charge is 2.54. The van der Waals surface area contributed by atoms with Crippen LogP contribution in [0.15, 0.2) is 71.2 Å². The fourth-order valence-electron chi connectivity index (χ4n) is 5.28. The maximum Gasteiger partial charge on any atom is 0.377 e. The van der Waals surface area contributed by atoms with E-state index in [1.54, 1.807) is 16.7 Å². The molecule has 4 aromatic rings. The summed E-state index contributed by atoms with van der Waals surface area (Å²) in [7, 11) is 0. The van der Waals surface area contributed by atoms with Crippen molar-refractivity contribution in [3.05, 3.63) is 82.3 Å². The molecule has 0 radical (unpaired) electrons. The molecule has 0 spiro atoms. The summed E-state index contributed by atoms with van der Waals surface area (Å²) in [5, 5.41) is 0.828. The number of benzene rings is 3. The number of hydrogen-bond donors (Lipinski definition) is 0. The summed E-state index contributed by atoms with van der Waals surface area (Å²) >= 11 is 3.54. The average molecular weight is 552 g/mol. The van der Waals surface area contributed by atoms with Crippen LogP contribution < -0.4 is 0 Å². The molecule has 1 aliphatic heterocycles. The van der Waals surface area contributed by atoms with Crippen LogP contribution in [0.2, 0.25) is 0 Å². The summed E-state index contributed by atoms with van der Waals surface area (Å²) in [6.45, 7) is 4.79. The molecule has 1 aromatic heterocycles. The molecule has 1 aliphatic rings. The van der Waals surface area contributed by atoms with Crippen LogP contribution in [0.5, 0.6) is 0 Å². The first kappa shape index (κ1) is 24.4. The first-order valence-electron chi connectivity index (χ1n) is 11.7. The topological polar surface area (TPSA) is 48.3 Å². The third-order valence-corrected chi connectivity index (χ3v) is 7.33. The Labute approximate surface area is 216 Å². The highest BCUT2D eigenvalue weighted by Crippen LogP contribution is 2.51. The van der Waals surface area contributed by atoms with Gasteiger partial charge in [0.05, 0.1) is 23.2 Å². The fourth-order valence-corrected chi connectivity index (χ4v) is 5.64. The molecular formula is C29H24BrF2NO3. The van der Waals surface area contributed by atoms with Crippen molar-refractivity contribution in [1.29, 1.82) is 0 Å². The molecule has 1 unspecified atom stereocenters. The zero-order chi connectivity index (χ0) is 25.8. The Bertz CT molecular complexity index is 1540. The number of esters is 1. The normalized spacial score (nSPS) is 17.1. The molecule has 0 fully saturated rings. The Morgan fingerprint density at radius 2 is 1.83 bits per heavy atom. The SMILES string of the molecule is CCOC(=O)C(F)(F)CC1(C)C(=O)n2c(c(-c3cccc(C)c3)c3cc(Br)ccc32)-c2ccccc21. The van der Waals surface area contributed by atoms with E-state index >= 15 is 8.78 Å². The molecule has 184 valence electrons. The van der Waals surface area contributed by atoms with E-state index in [1.165, 1.54) is 13.8 Å². The van der Waals surface area contributed by atoms with Gasteiger partial charge in [-0.1, -0.05) is 70.0 Å². The number of nitrogens with zero attached hydrogens (tertiary/aromatic N) is 1. The smallest absolute Gasteiger partial charge is 0.377 e. The molecule has 0 saturated carbocycles. The monoisotopic (exact) mass is 551 g/mol. The molecule has 0 saturated heterocycles. The van der Waals surface area contributed by atoms with Crippen LogP contribution in [0.25, 0.3) is 33.3 Å². The summed E-state index contributed by atoms with van der Waals surface area (Å²) in [5.74, 6) is -5.97. The van der Waals surface area contributed by atoms with E-state index in [4.69, 9.17) is 0 Å². The van der Waals surface area contributed by atoms with Crippen molar-refractivity contribution >= 4 is 38.7 Å². The second-order valence-electron chi connectivity index (χ2n) is 9.37. The van der Waals surface area contributed by atoms with Gasteiger partial charge in [-0.3, -0.25) is 9.36 Å². The molecule has 5 rings (SSSR count). The van der Waals surface area contributed by atoms with E-state index in [9.17, 15) is 9.59 Å². The van der Waals surface area contributed by atoms with Gasteiger partial charge >= 0.3 is 11.9 Å². The third kappa shape index (κ3) is 3.68. The van der Waals surface area contributed by atoms with Crippen LogP contribution >= 0.6 is 15.9 Å². The van der Waals surface area contributed by atoms with Gasteiger partial charge in [0.25, 0.3) is 0 Å². The molecule has 7 heteroatoms. The quantitative estimate of drug-likeness (QED) is 0.240. The Kier molecular flexibility index (Phi) is 5.86. The number of aryl methyl sites for hydroxylation is 1. The fraction of sp³-hybridized carbons (Fsp3) is 0.241. The van der Waals surface area contributed by atoms with Crippen molar-refractivity contribution in [1.82, 2.24) is 4.57 Å². The minimum Gasteiger partial charge on any atom is -0.462 e. The molecule has 4 nitrogen and oxygen atoms in total. The first-order chi connectivity index (χ1) is 17.1. The standard InChI is InChI=1S/C29H24BrF2NO3/c1-4-36-27(35)29(31,32)16-28(3)22-11-6-5-10-20(22)25-24(18-9-7-8-17(2)14-18)21-15-19(30)12-13-23(21)33(25)26(28)34/h5-15H,4,16H2,1-3H3. The Morgan fingerprint density at radius 3 is 2.56 bits per heavy atom. The van der Waals surface area contributed by atoms with Crippen LogP contribution in [0.4, 0.5) is 8.78 Å². The van der Waals surface area contributed by atoms with E-state index in [0.29, 0.717) is 22.3 Å². The molecule has 0 aliphatic carbocycles. The number of halogens is 3. The van der Waals surface area contributed by atoms with Crippen molar-refractivity contribution in [2.75, 3.05) is 6.61 Å². The van der Waals surface area contributed by atoms with Gasteiger partial charge in [0.15, 0.2) is 0 Å². The lowest BCUT2D eigenvalue weighted by molar-refractivity contribution is -0.173. The van der Waals surface area contributed by atoms with Crippen molar-refractivity contribution in [2.45, 2.75) is 38.5 Å². The van der Waals surface area contributed by atoms with Crippen molar-refractivity contribution in [3.63, 3.8) is 0 Å². The number of aromatic nitrogens is 1. The maximum atomic E-state index is 15.1. The highest BCUT2D eigenvalue weighted by atomic mass is 79.9. The molecule has 3 aromatic carbocycles. The maximum absolute atomic E-state index is 15.1. The summed E-state index contributed by atoms with van der Waals surface area (Å²) in [6, 6.07) is 20.7. The Balaban J connectivity index is 1.83. The van der Waals surface area contributed by atoms with Crippen molar-refractivity contribution < 1.29 is 23.1 Å². The number of ether oxygens (including phenoxy) is 1. The van der Waals surface area contributed by atoms with Gasteiger partial charge in [-0.05, 0) is 50.1 Å². The lowest BCUT2D eigenvalue weighted by atomic mass is 9.71. The summed E-state index contributed by atoms with van der Waals surface area (Å²) in [6.07, 6.45) is -0.996. The second kappa shape index (κ2) is 8.66. The molecule has 36 heavy (non-hydrogen) atoms. The van der Waals surface area contributed by atoms with Crippen LogP contribution in [-0.4, -0.2) is 29.0 Å². The van der Waals surface area contributed by atoms with Gasteiger partial charge < -0.3 is 4.74 Å². The van der Waals surface area contributed by atoms with Gasteiger partial charge in [-0.2, -0.15) is 8.78 Å². The average Bonchev–Trinajstić information content (AvgIpc) is 3.17. The molecule has 2 heterocycles. The number of carbonyl (C=O) groups excluding carboxylic acids is 2. The number of alkyl halides is 2. The molecule has 0 N–H and O–H groups in total.